The van der Waals surface area contributed by atoms with E-state index in [1.807, 2.05) is 19.2 Å². The Labute approximate surface area is 121 Å². The Morgan fingerprint density at radius 1 is 1.43 bits per heavy atom. The lowest BCUT2D eigenvalue weighted by Gasteiger charge is -2.08. The van der Waals surface area contributed by atoms with Crippen LogP contribution in [-0.4, -0.2) is 37.8 Å². The highest BCUT2D eigenvalue weighted by atomic mass is 16.6. The van der Waals surface area contributed by atoms with Gasteiger partial charge in [-0.25, -0.2) is 4.98 Å². The van der Waals surface area contributed by atoms with Gasteiger partial charge in [0.2, 0.25) is 11.8 Å². The van der Waals surface area contributed by atoms with Gasteiger partial charge in [-0.2, -0.15) is 10.1 Å². The molecule has 0 radical (unpaired) electrons. The summed E-state index contributed by atoms with van der Waals surface area (Å²) in [5.74, 6) is 0.601. The molecule has 21 heavy (non-hydrogen) atoms. The van der Waals surface area contributed by atoms with Crippen molar-refractivity contribution in [1.82, 2.24) is 19.7 Å². The number of aryl methyl sites for hydroxylation is 1. The van der Waals surface area contributed by atoms with Crippen LogP contribution in [0, 0.1) is 10.1 Å². The third-order valence-corrected chi connectivity index (χ3v) is 2.72. The van der Waals surface area contributed by atoms with Gasteiger partial charge in [0.15, 0.2) is 0 Å². The van der Waals surface area contributed by atoms with Crippen LogP contribution in [-0.2, 0) is 6.54 Å². The van der Waals surface area contributed by atoms with Crippen molar-refractivity contribution in [3.63, 3.8) is 0 Å². The van der Waals surface area contributed by atoms with E-state index in [0.717, 1.165) is 13.0 Å². The monoisotopic (exact) mass is 291 g/mol. The minimum Gasteiger partial charge on any atom is -0.364 e. The summed E-state index contributed by atoms with van der Waals surface area (Å²) in [6.07, 6.45) is 5.57. The summed E-state index contributed by atoms with van der Waals surface area (Å²) in [5.41, 5.74) is -0.129. The second-order valence-electron chi connectivity index (χ2n) is 4.26. The van der Waals surface area contributed by atoms with Crippen LogP contribution in [0.1, 0.15) is 13.3 Å². The second kappa shape index (κ2) is 7.17. The molecule has 0 saturated carbocycles. The Hall–Kier alpha value is -2.71. The summed E-state index contributed by atoms with van der Waals surface area (Å²) in [6, 6.07) is 1.85. The zero-order valence-corrected chi connectivity index (χ0v) is 11.7. The number of nitro groups is 1. The topological polar surface area (TPSA) is 111 Å². The van der Waals surface area contributed by atoms with Crippen molar-refractivity contribution >= 4 is 17.5 Å². The standard InChI is InChI=1S/C12H17N7O2/c1-2-13-12-15-9-10(19(20)21)11(17-12)14-5-3-7-18-8-4-6-16-18/h4,6,8-9H,2-3,5,7H2,1H3,(H2,13,14,15,17). The largest absolute Gasteiger partial charge is 0.364 e. The number of hydrogen-bond donors (Lipinski definition) is 2. The minimum absolute atomic E-state index is 0.129. The maximum atomic E-state index is 11.0. The van der Waals surface area contributed by atoms with Crippen LogP contribution in [0.2, 0.25) is 0 Å². The van der Waals surface area contributed by atoms with E-state index in [-0.39, 0.29) is 11.5 Å². The Kier molecular flexibility index (Phi) is 5.02. The van der Waals surface area contributed by atoms with Gasteiger partial charge in [0.1, 0.15) is 6.20 Å². The highest BCUT2D eigenvalue weighted by Gasteiger charge is 2.16. The van der Waals surface area contributed by atoms with Gasteiger partial charge in [-0.3, -0.25) is 14.8 Å². The van der Waals surface area contributed by atoms with Crippen LogP contribution in [0.4, 0.5) is 17.5 Å². The number of anilines is 2. The summed E-state index contributed by atoms with van der Waals surface area (Å²) in [4.78, 5) is 18.5. The molecule has 0 saturated heterocycles. The van der Waals surface area contributed by atoms with Crippen molar-refractivity contribution < 1.29 is 4.92 Å². The van der Waals surface area contributed by atoms with Crippen molar-refractivity contribution in [2.75, 3.05) is 23.7 Å². The van der Waals surface area contributed by atoms with E-state index >= 15 is 0 Å². The third kappa shape index (κ3) is 4.13. The molecular weight excluding hydrogens is 274 g/mol. The van der Waals surface area contributed by atoms with Gasteiger partial charge in [-0.15, -0.1) is 0 Å². The van der Waals surface area contributed by atoms with Gasteiger partial charge < -0.3 is 10.6 Å². The summed E-state index contributed by atoms with van der Waals surface area (Å²) in [6.45, 7) is 3.85. The summed E-state index contributed by atoms with van der Waals surface area (Å²) >= 11 is 0. The summed E-state index contributed by atoms with van der Waals surface area (Å²) in [5, 5.41) is 21.0. The Bertz CT molecular complexity index is 585. The van der Waals surface area contributed by atoms with E-state index in [2.05, 4.69) is 25.7 Å². The van der Waals surface area contributed by atoms with E-state index < -0.39 is 4.92 Å². The minimum atomic E-state index is -0.494. The van der Waals surface area contributed by atoms with Crippen molar-refractivity contribution in [3.05, 3.63) is 34.8 Å². The van der Waals surface area contributed by atoms with Crippen molar-refractivity contribution in [1.29, 1.82) is 0 Å². The zero-order chi connectivity index (χ0) is 15.1. The number of nitrogens with one attached hydrogen (secondary N) is 2. The predicted octanol–water partition coefficient (Wildman–Crippen LogP) is 1.52. The quantitative estimate of drug-likeness (QED) is 0.431. The first-order valence-electron chi connectivity index (χ1n) is 6.67. The molecule has 0 spiro atoms. The van der Waals surface area contributed by atoms with Gasteiger partial charge in [0, 0.05) is 32.0 Å². The van der Waals surface area contributed by atoms with Gasteiger partial charge in [0.25, 0.3) is 0 Å². The van der Waals surface area contributed by atoms with Crippen molar-refractivity contribution in [2.24, 2.45) is 0 Å². The fourth-order valence-corrected chi connectivity index (χ4v) is 1.76. The normalized spacial score (nSPS) is 10.3. The van der Waals surface area contributed by atoms with E-state index in [1.54, 1.807) is 10.9 Å². The second-order valence-corrected chi connectivity index (χ2v) is 4.26. The molecule has 9 heteroatoms. The zero-order valence-electron chi connectivity index (χ0n) is 11.7. The molecule has 2 N–H and O–H groups in total. The van der Waals surface area contributed by atoms with Crippen LogP contribution in [0.25, 0.3) is 0 Å². The molecule has 0 amide bonds. The van der Waals surface area contributed by atoms with Crippen LogP contribution in [0.15, 0.2) is 24.7 Å². The van der Waals surface area contributed by atoms with Crippen LogP contribution >= 0.6 is 0 Å². The lowest BCUT2D eigenvalue weighted by molar-refractivity contribution is -0.384. The third-order valence-electron chi connectivity index (χ3n) is 2.72. The maximum Gasteiger partial charge on any atom is 0.329 e. The first-order valence-corrected chi connectivity index (χ1v) is 6.67. The molecule has 0 fully saturated rings. The van der Waals surface area contributed by atoms with Crippen molar-refractivity contribution in [2.45, 2.75) is 19.9 Å². The summed E-state index contributed by atoms with van der Waals surface area (Å²) in [7, 11) is 0. The fourth-order valence-electron chi connectivity index (χ4n) is 1.76. The fraction of sp³-hybridized carbons (Fsp3) is 0.417. The van der Waals surface area contributed by atoms with Gasteiger partial charge in [0.05, 0.1) is 4.92 Å². The molecule has 2 rings (SSSR count). The Morgan fingerprint density at radius 2 is 2.29 bits per heavy atom. The van der Waals surface area contributed by atoms with Crippen LogP contribution in [0.3, 0.4) is 0 Å². The first-order chi connectivity index (χ1) is 10.2. The molecule has 2 aromatic rings. The highest BCUT2D eigenvalue weighted by Crippen LogP contribution is 2.21. The van der Waals surface area contributed by atoms with Gasteiger partial charge >= 0.3 is 5.69 Å². The van der Waals surface area contributed by atoms with E-state index in [9.17, 15) is 10.1 Å². The molecule has 9 nitrogen and oxygen atoms in total. The Morgan fingerprint density at radius 3 is 2.95 bits per heavy atom. The van der Waals surface area contributed by atoms with E-state index in [4.69, 9.17) is 0 Å². The highest BCUT2D eigenvalue weighted by molar-refractivity contribution is 5.56. The number of nitrogens with zero attached hydrogens (tertiary/aromatic N) is 5. The number of aromatic nitrogens is 4. The Balaban J connectivity index is 1.96. The smallest absolute Gasteiger partial charge is 0.329 e. The molecule has 0 unspecified atom stereocenters. The lowest BCUT2D eigenvalue weighted by atomic mass is 10.4. The van der Waals surface area contributed by atoms with Crippen molar-refractivity contribution in [3.8, 4) is 0 Å². The lowest BCUT2D eigenvalue weighted by Crippen LogP contribution is -2.11. The van der Waals surface area contributed by atoms with Crippen LogP contribution < -0.4 is 10.6 Å². The molecule has 0 aliphatic heterocycles. The molecule has 112 valence electrons. The molecule has 2 aromatic heterocycles. The maximum absolute atomic E-state index is 11.0. The predicted molar refractivity (Wildman–Crippen MR) is 78.2 cm³/mol. The summed E-state index contributed by atoms with van der Waals surface area (Å²) < 4.78 is 1.81. The molecule has 0 aromatic carbocycles. The SMILES string of the molecule is CCNc1ncc([N+](=O)[O-])c(NCCCn2cccn2)n1. The van der Waals surface area contributed by atoms with Gasteiger partial charge in [-0.1, -0.05) is 0 Å². The molecule has 0 bridgehead atoms. The molecule has 0 aliphatic carbocycles. The molecule has 0 atom stereocenters. The molecule has 0 aliphatic rings. The average molecular weight is 291 g/mol. The van der Waals surface area contributed by atoms with Gasteiger partial charge in [-0.05, 0) is 19.4 Å². The average Bonchev–Trinajstić information content (AvgIpc) is 2.97. The first kappa shape index (κ1) is 14.7. The number of hydrogen-bond acceptors (Lipinski definition) is 7. The van der Waals surface area contributed by atoms with E-state index in [0.29, 0.717) is 19.0 Å². The molecule has 2 heterocycles. The van der Waals surface area contributed by atoms with E-state index in [1.165, 1.54) is 6.20 Å². The van der Waals surface area contributed by atoms with Crippen LogP contribution in [0.5, 0.6) is 0 Å². The molecular formula is C12H17N7O2. The number of rotatable bonds is 8.